The van der Waals surface area contributed by atoms with Gasteiger partial charge in [-0.05, 0) is 79.2 Å². The standard InChI is InChI=1S/C33H37FN4O6S2/c1-22(24-5-9-26(34)10-6-24)37-18-16-23(20-37)21-46(42,43)35-17-15-28-32(25-7-11-27(44-2)12-8-25)38(30(39)13-14-31(40)41)33(36-28)29-4-3-19-45-29/h3-12,19,22-23,35H,13-18,20-21H2,1-2H3,(H,40,41). The predicted octanol–water partition coefficient (Wildman–Crippen LogP) is 5.48. The number of carbonyl (C=O) groups excluding carboxylic acids is 1. The number of hydrogen-bond acceptors (Lipinski definition) is 8. The number of imidazole rings is 1. The van der Waals surface area contributed by atoms with E-state index in [1.54, 1.807) is 43.5 Å². The zero-order valence-electron chi connectivity index (χ0n) is 25.7. The molecule has 3 heterocycles. The van der Waals surface area contributed by atoms with Crippen molar-refractivity contribution < 1.29 is 32.2 Å². The first-order valence-electron chi connectivity index (χ1n) is 15.1. The number of carboxylic acids is 1. The smallest absolute Gasteiger partial charge is 0.303 e. The van der Waals surface area contributed by atoms with Crippen molar-refractivity contribution in [2.24, 2.45) is 5.92 Å². The summed E-state index contributed by atoms with van der Waals surface area (Å²) >= 11 is 1.40. The maximum atomic E-state index is 13.5. The number of aliphatic carboxylic acids is 1. The third kappa shape index (κ3) is 8.08. The highest BCUT2D eigenvalue weighted by molar-refractivity contribution is 7.89. The molecule has 2 unspecified atom stereocenters. The summed E-state index contributed by atoms with van der Waals surface area (Å²) in [5.74, 6) is -0.853. The number of carbonyl (C=O) groups is 2. The SMILES string of the molecule is COc1ccc(-c2c(CCNS(=O)(=O)CC3CCN(C(C)c4ccc(F)cc4)C3)nc(-c3cccs3)n2C(=O)CCC(=O)O)cc1. The van der Waals surface area contributed by atoms with Gasteiger partial charge in [-0.3, -0.25) is 19.1 Å². The van der Waals surface area contributed by atoms with Gasteiger partial charge < -0.3 is 9.84 Å². The van der Waals surface area contributed by atoms with Crippen LogP contribution in [0.15, 0.2) is 66.0 Å². The number of methoxy groups -OCH3 is 1. The Morgan fingerprint density at radius 3 is 2.52 bits per heavy atom. The number of halogens is 1. The summed E-state index contributed by atoms with van der Waals surface area (Å²) in [5, 5.41) is 11.1. The Morgan fingerprint density at radius 1 is 1.13 bits per heavy atom. The first-order chi connectivity index (χ1) is 22.0. The molecule has 13 heteroatoms. The van der Waals surface area contributed by atoms with Crippen molar-refractivity contribution in [1.29, 1.82) is 0 Å². The van der Waals surface area contributed by atoms with Gasteiger partial charge in [0.05, 0.1) is 35.5 Å². The van der Waals surface area contributed by atoms with Crippen molar-refractivity contribution in [2.75, 3.05) is 32.5 Å². The molecule has 5 rings (SSSR count). The molecule has 0 aliphatic carbocycles. The number of hydrogen-bond donors (Lipinski definition) is 2. The number of nitrogens with zero attached hydrogens (tertiary/aromatic N) is 3. The average Bonchev–Trinajstić information content (AvgIpc) is 3.80. The molecule has 244 valence electrons. The minimum Gasteiger partial charge on any atom is -0.497 e. The molecule has 4 aromatic rings. The maximum absolute atomic E-state index is 13.5. The first-order valence-corrected chi connectivity index (χ1v) is 17.6. The van der Waals surface area contributed by atoms with E-state index >= 15 is 0 Å². The van der Waals surface area contributed by atoms with E-state index in [0.29, 0.717) is 35.1 Å². The average molecular weight is 669 g/mol. The Kier molecular flexibility index (Phi) is 10.7. The highest BCUT2D eigenvalue weighted by Crippen LogP contribution is 2.34. The van der Waals surface area contributed by atoms with E-state index in [4.69, 9.17) is 9.72 Å². The van der Waals surface area contributed by atoms with Crippen molar-refractivity contribution in [3.63, 3.8) is 0 Å². The summed E-state index contributed by atoms with van der Waals surface area (Å²) < 4.78 is 49.2. The lowest BCUT2D eigenvalue weighted by Gasteiger charge is -2.24. The molecule has 2 aromatic carbocycles. The lowest BCUT2D eigenvalue weighted by Crippen LogP contribution is -2.33. The van der Waals surface area contributed by atoms with Crippen LogP contribution >= 0.6 is 11.3 Å². The van der Waals surface area contributed by atoms with Gasteiger partial charge in [-0.1, -0.05) is 18.2 Å². The molecule has 1 aliphatic rings. The number of aromatic nitrogens is 2. The zero-order chi connectivity index (χ0) is 32.8. The molecule has 2 aromatic heterocycles. The van der Waals surface area contributed by atoms with E-state index in [0.717, 1.165) is 23.4 Å². The minimum atomic E-state index is -3.63. The second-order valence-corrected chi connectivity index (χ2v) is 14.2. The topological polar surface area (TPSA) is 131 Å². The Bertz CT molecular complexity index is 1760. The third-order valence-electron chi connectivity index (χ3n) is 8.21. The van der Waals surface area contributed by atoms with Crippen LogP contribution in [0.3, 0.4) is 0 Å². The molecule has 0 radical (unpaired) electrons. The van der Waals surface area contributed by atoms with Crippen LogP contribution in [0.25, 0.3) is 22.0 Å². The van der Waals surface area contributed by atoms with Crippen LogP contribution in [0, 0.1) is 11.7 Å². The third-order valence-corrected chi connectivity index (χ3v) is 10.6. The second kappa shape index (κ2) is 14.7. The monoisotopic (exact) mass is 668 g/mol. The fourth-order valence-electron chi connectivity index (χ4n) is 5.82. The lowest BCUT2D eigenvalue weighted by molar-refractivity contribution is -0.137. The summed E-state index contributed by atoms with van der Waals surface area (Å²) in [4.78, 5) is 32.6. The number of ether oxygens (including phenoxy) is 1. The van der Waals surface area contributed by atoms with Gasteiger partial charge in [0.1, 0.15) is 11.6 Å². The van der Waals surface area contributed by atoms with Crippen molar-refractivity contribution in [3.8, 4) is 27.7 Å². The molecule has 1 aliphatic heterocycles. The van der Waals surface area contributed by atoms with Crippen LogP contribution in [0.4, 0.5) is 4.39 Å². The molecule has 2 N–H and O–H groups in total. The van der Waals surface area contributed by atoms with Crippen molar-refractivity contribution in [1.82, 2.24) is 19.2 Å². The molecule has 0 amide bonds. The molecule has 0 bridgehead atoms. The number of sulfonamides is 1. The first kappa shape index (κ1) is 33.5. The number of likely N-dealkylation sites (tertiary alicyclic amines) is 1. The Balaban J connectivity index is 1.33. The number of carboxylic acid groups (broad SMARTS) is 1. The fourth-order valence-corrected chi connectivity index (χ4v) is 7.95. The second-order valence-electron chi connectivity index (χ2n) is 11.4. The van der Waals surface area contributed by atoms with Crippen molar-refractivity contribution >= 4 is 33.2 Å². The van der Waals surface area contributed by atoms with Crippen LogP contribution in [0.2, 0.25) is 0 Å². The van der Waals surface area contributed by atoms with E-state index in [1.807, 2.05) is 24.4 Å². The van der Waals surface area contributed by atoms with E-state index in [-0.39, 0.29) is 49.3 Å². The number of rotatable bonds is 14. The van der Waals surface area contributed by atoms with E-state index < -0.39 is 21.9 Å². The highest BCUT2D eigenvalue weighted by atomic mass is 32.2. The summed E-state index contributed by atoms with van der Waals surface area (Å²) in [6.45, 7) is 3.48. The number of nitrogens with one attached hydrogen (secondary N) is 1. The van der Waals surface area contributed by atoms with Crippen LogP contribution in [0.5, 0.6) is 5.75 Å². The molecule has 1 fully saturated rings. The predicted molar refractivity (Wildman–Crippen MR) is 175 cm³/mol. The molecule has 10 nitrogen and oxygen atoms in total. The summed E-state index contributed by atoms with van der Waals surface area (Å²) in [6, 6.07) is 17.2. The maximum Gasteiger partial charge on any atom is 0.303 e. The van der Waals surface area contributed by atoms with Gasteiger partial charge in [-0.15, -0.1) is 11.3 Å². The summed E-state index contributed by atoms with van der Waals surface area (Å²) in [7, 11) is -2.08. The van der Waals surface area contributed by atoms with Gasteiger partial charge in [0.2, 0.25) is 15.9 Å². The lowest BCUT2D eigenvalue weighted by atomic mass is 10.1. The van der Waals surface area contributed by atoms with E-state index in [9.17, 15) is 27.5 Å². The van der Waals surface area contributed by atoms with Gasteiger partial charge >= 0.3 is 5.97 Å². The molecular formula is C33H37FN4O6S2. The molecular weight excluding hydrogens is 632 g/mol. The van der Waals surface area contributed by atoms with Crippen LogP contribution in [-0.2, 0) is 21.2 Å². The van der Waals surface area contributed by atoms with Gasteiger partial charge in [0.15, 0.2) is 5.82 Å². The zero-order valence-corrected chi connectivity index (χ0v) is 27.3. The summed E-state index contributed by atoms with van der Waals surface area (Å²) in [6.07, 6.45) is 0.383. The Morgan fingerprint density at radius 2 is 1.87 bits per heavy atom. The van der Waals surface area contributed by atoms with Crippen molar-refractivity contribution in [2.45, 2.75) is 38.6 Å². The number of benzene rings is 2. The molecule has 0 saturated carbocycles. The highest BCUT2D eigenvalue weighted by Gasteiger charge is 2.31. The Hall–Kier alpha value is -3.91. The Labute approximate surface area is 271 Å². The fraction of sp³-hybridized carbons (Fsp3) is 0.364. The van der Waals surface area contributed by atoms with Crippen LogP contribution in [0.1, 0.15) is 48.3 Å². The van der Waals surface area contributed by atoms with Gasteiger partial charge in [0, 0.05) is 37.5 Å². The largest absolute Gasteiger partial charge is 0.497 e. The quantitative estimate of drug-likeness (QED) is 0.181. The molecule has 1 saturated heterocycles. The van der Waals surface area contributed by atoms with E-state index in [1.165, 1.54) is 28.0 Å². The van der Waals surface area contributed by atoms with Gasteiger partial charge in [-0.2, -0.15) is 0 Å². The van der Waals surface area contributed by atoms with Crippen molar-refractivity contribution in [3.05, 3.63) is 83.1 Å². The van der Waals surface area contributed by atoms with E-state index in [2.05, 4.69) is 9.62 Å². The normalized spacial score (nSPS) is 16.0. The van der Waals surface area contributed by atoms with Crippen LogP contribution in [-0.4, -0.2) is 72.3 Å². The van der Waals surface area contributed by atoms with Gasteiger partial charge in [0.25, 0.3) is 0 Å². The molecule has 2 atom stereocenters. The number of thiophene rings is 1. The van der Waals surface area contributed by atoms with Gasteiger partial charge in [-0.25, -0.2) is 22.5 Å². The van der Waals surface area contributed by atoms with Crippen LogP contribution < -0.4 is 9.46 Å². The molecule has 46 heavy (non-hydrogen) atoms. The summed E-state index contributed by atoms with van der Waals surface area (Å²) in [5.41, 5.74) is 2.65. The molecule has 0 spiro atoms. The minimum absolute atomic E-state index is 0.0203.